The normalized spacial score (nSPS) is 18.4. The Morgan fingerprint density at radius 1 is 1.27 bits per heavy atom. The molecule has 0 spiro atoms. The molecule has 0 aromatic heterocycles. The summed E-state index contributed by atoms with van der Waals surface area (Å²) in [6.45, 7) is 5.73. The summed E-state index contributed by atoms with van der Waals surface area (Å²) in [6, 6.07) is 10.1. The minimum atomic E-state index is -0.408. The van der Waals surface area contributed by atoms with E-state index in [1.807, 2.05) is 32.0 Å². The molecular weight excluding hydrogens is 278 g/mol. The summed E-state index contributed by atoms with van der Waals surface area (Å²) in [7, 11) is 0. The molecule has 0 saturated carbocycles. The molecule has 1 heterocycles. The summed E-state index contributed by atoms with van der Waals surface area (Å²) in [6.07, 6.45) is 2.13. The van der Waals surface area contributed by atoms with E-state index >= 15 is 0 Å². The van der Waals surface area contributed by atoms with Gasteiger partial charge in [-0.2, -0.15) is 0 Å². The number of urea groups is 1. The van der Waals surface area contributed by atoms with Gasteiger partial charge in [0.2, 0.25) is 5.91 Å². The molecule has 1 aromatic carbocycles. The number of amides is 3. The van der Waals surface area contributed by atoms with Gasteiger partial charge in [-0.25, -0.2) is 4.79 Å². The first-order valence-electron chi connectivity index (χ1n) is 7.93. The molecule has 3 amide bonds. The van der Waals surface area contributed by atoms with E-state index in [-0.39, 0.29) is 18.5 Å². The molecule has 1 fully saturated rings. The number of benzene rings is 1. The van der Waals surface area contributed by atoms with Gasteiger partial charge in [0.15, 0.2) is 0 Å². The number of hydrogen-bond donors (Lipinski definition) is 2. The van der Waals surface area contributed by atoms with Gasteiger partial charge in [-0.15, -0.1) is 0 Å². The van der Waals surface area contributed by atoms with Crippen molar-refractivity contribution in [3.05, 3.63) is 35.9 Å². The summed E-state index contributed by atoms with van der Waals surface area (Å²) in [5.41, 5.74) is 1.23. The summed E-state index contributed by atoms with van der Waals surface area (Å²) in [4.78, 5) is 25.8. The van der Waals surface area contributed by atoms with Crippen LogP contribution in [-0.2, 0) is 4.79 Å². The molecular formula is C17H25N3O2. The first-order valence-corrected chi connectivity index (χ1v) is 7.93. The van der Waals surface area contributed by atoms with Crippen LogP contribution in [0.15, 0.2) is 30.3 Å². The Bertz CT molecular complexity index is 502. The lowest BCUT2D eigenvalue weighted by atomic mass is 10.0. The number of nitrogens with zero attached hydrogens (tertiary/aromatic N) is 1. The van der Waals surface area contributed by atoms with Gasteiger partial charge in [0.05, 0.1) is 6.54 Å². The van der Waals surface area contributed by atoms with Crippen LogP contribution in [0.2, 0.25) is 0 Å². The van der Waals surface area contributed by atoms with Gasteiger partial charge in [-0.3, -0.25) is 15.0 Å². The van der Waals surface area contributed by atoms with E-state index in [9.17, 15) is 9.59 Å². The number of rotatable bonds is 5. The third kappa shape index (κ3) is 4.84. The van der Waals surface area contributed by atoms with Crippen LogP contribution in [0.5, 0.6) is 0 Å². The molecule has 1 atom stereocenters. The second-order valence-electron chi connectivity index (χ2n) is 6.19. The van der Waals surface area contributed by atoms with Crippen LogP contribution in [0, 0.1) is 5.92 Å². The number of nitrogens with one attached hydrogen (secondary N) is 2. The molecule has 5 nitrogen and oxygen atoms in total. The molecule has 1 unspecified atom stereocenters. The fourth-order valence-corrected chi connectivity index (χ4v) is 2.76. The van der Waals surface area contributed by atoms with Gasteiger partial charge in [0.25, 0.3) is 0 Å². The zero-order chi connectivity index (χ0) is 15.9. The molecule has 2 N–H and O–H groups in total. The Hall–Kier alpha value is -1.88. The Kier molecular flexibility index (Phi) is 5.95. The van der Waals surface area contributed by atoms with E-state index < -0.39 is 6.03 Å². The molecule has 0 aliphatic carbocycles. The number of imide groups is 1. The van der Waals surface area contributed by atoms with Gasteiger partial charge in [0.1, 0.15) is 0 Å². The first-order chi connectivity index (χ1) is 10.6. The highest BCUT2D eigenvalue weighted by molar-refractivity contribution is 5.95. The smallest absolute Gasteiger partial charge is 0.321 e. The number of carbonyl (C=O) groups excluding carboxylic acids is 2. The molecule has 0 radical (unpaired) electrons. The van der Waals surface area contributed by atoms with Crippen molar-refractivity contribution in [2.75, 3.05) is 19.6 Å². The topological polar surface area (TPSA) is 61.4 Å². The predicted molar refractivity (Wildman–Crippen MR) is 86.4 cm³/mol. The zero-order valence-electron chi connectivity index (χ0n) is 13.3. The van der Waals surface area contributed by atoms with E-state index in [4.69, 9.17) is 0 Å². The first kappa shape index (κ1) is 16.5. The minimum Gasteiger partial charge on any atom is -0.338 e. The molecule has 1 aromatic rings. The number of likely N-dealkylation sites (tertiary alicyclic amines) is 1. The second kappa shape index (κ2) is 7.94. The van der Waals surface area contributed by atoms with Crippen molar-refractivity contribution < 1.29 is 9.59 Å². The maximum Gasteiger partial charge on any atom is 0.321 e. The van der Waals surface area contributed by atoms with E-state index in [1.165, 1.54) is 5.56 Å². The fraction of sp³-hybridized carbons (Fsp3) is 0.529. The van der Waals surface area contributed by atoms with Crippen LogP contribution < -0.4 is 10.6 Å². The van der Waals surface area contributed by atoms with Gasteiger partial charge in [-0.1, -0.05) is 44.2 Å². The van der Waals surface area contributed by atoms with Crippen molar-refractivity contribution >= 4 is 11.9 Å². The largest absolute Gasteiger partial charge is 0.338 e. The summed E-state index contributed by atoms with van der Waals surface area (Å²) in [5, 5.41) is 5.09. The van der Waals surface area contributed by atoms with Crippen LogP contribution >= 0.6 is 0 Å². The maximum absolute atomic E-state index is 12.0. The van der Waals surface area contributed by atoms with Gasteiger partial charge in [0, 0.05) is 12.6 Å². The average molecular weight is 303 g/mol. The molecule has 22 heavy (non-hydrogen) atoms. The Morgan fingerprint density at radius 2 is 2.00 bits per heavy atom. The summed E-state index contributed by atoms with van der Waals surface area (Å²) < 4.78 is 0. The van der Waals surface area contributed by atoms with Crippen molar-refractivity contribution in [2.45, 2.75) is 32.7 Å². The number of carbonyl (C=O) groups is 2. The van der Waals surface area contributed by atoms with Crippen molar-refractivity contribution in [3.8, 4) is 0 Å². The zero-order valence-corrected chi connectivity index (χ0v) is 13.3. The Labute approximate surface area is 132 Å². The van der Waals surface area contributed by atoms with Crippen LogP contribution in [-0.4, -0.2) is 36.5 Å². The van der Waals surface area contributed by atoms with E-state index in [1.54, 1.807) is 0 Å². The van der Waals surface area contributed by atoms with Crippen LogP contribution in [0.1, 0.15) is 38.3 Å². The molecule has 5 heteroatoms. The van der Waals surface area contributed by atoms with Crippen molar-refractivity contribution in [1.82, 2.24) is 15.5 Å². The molecule has 1 aliphatic rings. The highest BCUT2D eigenvalue weighted by atomic mass is 16.2. The molecule has 0 bridgehead atoms. The molecule has 120 valence electrons. The lowest BCUT2D eigenvalue weighted by Gasteiger charge is -2.24. The van der Waals surface area contributed by atoms with Gasteiger partial charge in [-0.05, 0) is 30.9 Å². The standard InChI is InChI=1S/C17H25N3O2/c1-13(2)11-18-17(22)19-16(21)12-20-10-6-9-15(20)14-7-4-3-5-8-14/h3-5,7-8,13,15H,6,9-12H2,1-2H3,(H2,18,19,21,22). The lowest BCUT2D eigenvalue weighted by molar-refractivity contribution is -0.121. The third-order valence-electron chi connectivity index (χ3n) is 3.82. The third-order valence-corrected chi connectivity index (χ3v) is 3.82. The van der Waals surface area contributed by atoms with E-state index in [2.05, 4.69) is 27.7 Å². The predicted octanol–water partition coefficient (Wildman–Crippen LogP) is 2.31. The Morgan fingerprint density at radius 3 is 2.68 bits per heavy atom. The van der Waals surface area contributed by atoms with Crippen LogP contribution in [0.25, 0.3) is 0 Å². The highest BCUT2D eigenvalue weighted by Gasteiger charge is 2.27. The van der Waals surface area contributed by atoms with Crippen LogP contribution in [0.3, 0.4) is 0 Å². The number of hydrogen-bond acceptors (Lipinski definition) is 3. The van der Waals surface area contributed by atoms with Gasteiger partial charge >= 0.3 is 6.03 Å². The van der Waals surface area contributed by atoms with Crippen molar-refractivity contribution in [3.63, 3.8) is 0 Å². The quantitative estimate of drug-likeness (QED) is 0.877. The van der Waals surface area contributed by atoms with Crippen LogP contribution in [0.4, 0.5) is 4.79 Å². The lowest BCUT2D eigenvalue weighted by Crippen LogP contribution is -2.45. The SMILES string of the molecule is CC(C)CNC(=O)NC(=O)CN1CCCC1c1ccccc1. The summed E-state index contributed by atoms with van der Waals surface area (Å²) in [5.74, 6) is 0.117. The van der Waals surface area contributed by atoms with Crippen molar-refractivity contribution in [2.24, 2.45) is 5.92 Å². The average Bonchev–Trinajstić information content (AvgIpc) is 2.94. The molecule has 2 rings (SSSR count). The van der Waals surface area contributed by atoms with Gasteiger partial charge < -0.3 is 5.32 Å². The van der Waals surface area contributed by atoms with E-state index in [0.717, 1.165) is 19.4 Å². The summed E-state index contributed by atoms with van der Waals surface area (Å²) >= 11 is 0. The Balaban J connectivity index is 1.84. The molecule has 1 saturated heterocycles. The monoisotopic (exact) mass is 303 g/mol. The molecule has 1 aliphatic heterocycles. The highest BCUT2D eigenvalue weighted by Crippen LogP contribution is 2.31. The maximum atomic E-state index is 12.0. The minimum absolute atomic E-state index is 0.246. The fourth-order valence-electron chi connectivity index (χ4n) is 2.76. The van der Waals surface area contributed by atoms with Crippen molar-refractivity contribution in [1.29, 1.82) is 0 Å². The van der Waals surface area contributed by atoms with E-state index in [0.29, 0.717) is 12.5 Å². The second-order valence-corrected chi connectivity index (χ2v) is 6.19.